The van der Waals surface area contributed by atoms with E-state index in [-0.39, 0.29) is 5.91 Å². The Balaban J connectivity index is 1.93. The molecule has 33 heavy (non-hydrogen) atoms. The van der Waals surface area contributed by atoms with Gasteiger partial charge in [0.05, 0.1) is 14.2 Å². The highest BCUT2D eigenvalue weighted by molar-refractivity contribution is 5.96. The quantitative estimate of drug-likeness (QED) is 0.510. The second kappa shape index (κ2) is 10.6. The Morgan fingerprint density at radius 2 is 1.82 bits per heavy atom. The zero-order valence-electron chi connectivity index (χ0n) is 19.2. The summed E-state index contributed by atoms with van der Waals surface area (Å²) in [7, 11) is 6.71. The summed E-state index contributed by atoms with van der Waals surface area (Å²) in [6.07, 6.45) is 1.67. The zero-order valence-corrected chi connectivity index (χ0v) is 19.2. The zero-order chi connectivity index (χ0) is 24.0. The summed E-state index contributed by atoms with van der Waals surface area (Å²) in [6, 6.07) is 14.4. The number of likely N-dealkylation sites (N-methyl/N-ethyl adjacent to an activating group) is 1. The van der Waals surface area contributed by atoms with Crippen LogP contribution < -0.4 is 15.8 Å². The molecule has 0 atom stereocenters. The molecule has 2 aromatic carbocycles. The van der Waals surface area contributed by atoms with Crippen molar-refractivity contribution in [2.45, 2.75) is 0 Å². The van der Waals surface area contributed by atoms with Gasteiger partial charge in [-0.3, -0.25) is 4.79 Å². The van der Waals surface area contributed by atoms with Crippen molar-refractivity contribution in [1.29, 1.82) is 0 Å². The first-order valence-corrected chi connectivity index (χ1v) is 10.4. The molecule has 172 valence electrons. The van der Waals surface area contributed by atoms with E-state index in [1.807, 2.05) is 43.3 Å². The first-order chi connectivity index (χ1) is 15.8. The molecular weight excluding hydrogens is 420 g/mol. The molecule has 0 fully saturated rings. The number of ether oxygens (including phenoxy) is 2. The molecule has 1 heterocycles. The summed E-state index contributed by atoms with van der Waals surface area (Å²) in [4.78, 5) is 30.8. The Morgan fingerprint density at radius 3 is 2.52 bits per heavy atom. The lowest BCUT2D eigenvalue weighted by Gasteiger charge is -2.13. The first-order valence-electron chi connectivity index (χ1n) is 10.4. The Hall–Kier alpha value is -3.91. The van der Waals surface area contributed by atoms with Crippen LogP contribution in [0.2, 0.25) is 0 Å². The lowest BCUT2D eigenvalue weighted by atomic mass is 9.98. The summed E-state index contributed by atoms with van der Waals surface area (Å²) in [5, 5.41) is 2.92. The van der Waals surface area contributed by atoms with Crippen LogP contribution in [0, 0.1) is 0 Å². The first kappa shape index (κ1) is 23.7. The number of anilines is 1. The topological polar surface area (TPSA) is 107 Å². The Labute approximate surface area is 193 Å². The van der Waals surface area contributed by atoms with E-state index in [2.05, 4.69) is 10.3 Å². The number of carbonyl (C=O) groups is 2. The van der Waals surface area contributed by atoms with Gasteiger partial charge in [0.1, 0.15) is 17.1 Å². The fraction of sp³-hybridized carbons (Fsp3) is 0.240. The van der Waals surface area contributed by atoms with Gasteiger partial charge in [0, 0.05) is 36.0 Å². The molecule has 3 aromatic rings. The monoisotopic (exact) mass is 448 g/mol. The van der Waals surface area contributed by atoms with E-state index in [1.54, 1.807) is 30.5 Å². The van der Waals surface area contributed by atoms with E-state index in [4.69, 9.17) is 15.2 Å². The number of aromatic nitrogens is 1. The predicted molar refractivity (Wildman–Crippen MR) is 128 cm³/mol. The maximum atomic E-state index is 12.5. The number of nitrogens with two attached hydrogens (primary N) is 1. The predicted octanol–water partition coefficient (Wildman–Crippen LogP) is 3.08. The number of methoxy groups -OCH3 is 2. The van der Waals surface area contributed by atoms with Gasteiger partial charge in [0.2, 0.25) is 0 Å². The Bertz CT molecular complexity index is 1160. The number of benzene rings is 2. The van der Waals surface area contributed by atoms with Gasteiger partial charge in [0.25, 0.3) is 5.91 Å². The van der Waals surface area contributed by atoms with Crippen LogP contribution in [0.5, 0.6) is 5.75 Å². The van der Waals surface area contributed by atoms with E-state index in [0.717, 1.165) is 23.2 Å². The average Bonchev–Trinajstić information content (AvgIpc) is 2.83. The van der Waals surface area contributed by atoms with Crippen LogP contribution in [0.25, 0.3) is 22.3 Å². The van der Waals surface area contributed by atoms with Crippen molar-refractivity contribution in [2.75, 3.05) is 47.1 Å². The maximum absolute atomic E-state index is 12.5. The molecule has 0 aliphatic rings. The molecule has 0 aliphatic heterocycles. The fourth-order valence-corrected chi connectivity index (χ4v) is 3.34. The summed E-state index contributed by atoms with van der Waals surface area (Å²) >= 11 is 0. The third-order valence-corrected chi connectivity index (χ3v) is 5.14. The van der Waals surface area contributed by atoms with Crippen LogP contribution in [0.15, 0.2) is 54.7 Å². The lowest BCUT2D eigenvalue weighted by Crippen LogP contribution is -2.31. The Kier molecular flexibility index (Phi) is 7.63. The van der Waals surface area contributed by atoms with Crippen molar-refractivity contribution in [3.05, 3.63) is 65.9 Å². The third-order valence-electron chi connectivity index (χ3n) is 5.14. The number of carbonyl (C=O) groups excluding carboxylic acids is 2. The highest BCUT2D eigenvalue weighted by Gasteiger charge is 2.16. The van der Waals surface area contributed by atoms with E-state index in [1.165, 1.54) is 14.2 Å². The highest BCUT2D eigenvalue weighted by Crippen LogP contribution is 2.33. The van der Waals surface area contributed by atoms with Gasteiger partial charge in [0.15, 0.2) is 0 Å². The molecule has 1 aromatic heterocycles. The van der Waals surface area contributed by atoms with Crippen LogP contribution >= 0.6 is 0 Å². The number of nitrogens with zero attached hydrogens (tertiary/aromatic N) is 2. The van der Waals surface area contributed by atoms with Gasteiger partial charge >= 0.3 is 5.97 Å². The summed E-state index contributed by atoms with van der Waals surface area (Å²) in [5.41, 5.74) is 10.1. The summed E-state index contributed by atoms with van der Waals surface area (Å²) < 4.78 is 10.2. The van der Waals surface area contributed by atoms with Crippen molar-refractivity contribution in [3.63, 3.8) is 0 Å². The second-order valence-electron chi connectivity index (χ2n) is 7.70. The number of pyridine rings is 1. The molecule has 0 saturated heterocycles. The van der Waals surface area contributed by atoms with Gasteiger partial charge in [-0.15, -0.1) is 0 Å². The van der Waals surface area contributed by atoms with Gasteiger partial charge in [-0.2, -0.15) is 0 Å². The molecular formula is C25H28N4O4. The standard InChI is InChI=1S/C25H28N4O4/c1-29(2)11-10-27-24(30)18-7-5-6-16(12-18)19-13-21(23(26)28-15-19)17-8-9-20(25(31)33-4)22(14-17)32-3/h5-9,12-15H,10-11H2,1-4H3,(H2,26,28)(H,27,30). The fourth-order valence-electron chi connectivity index (χ4n) is 3.34. The van der Waals surface area contributed by atoms with Crippen LogP contribution in [-0.2, 0) is 4.74 Å². The Morgan fingerprint density at radius 1 is 1.03 bits per heavy atom. The van der Waals surface area contributed by atoms with E-state index >= 15 is 0 Å². The minimum atomic E-state index is -0.487. The van der Waals surface area contributed by atoms with Crippen molar-refractivity contribution >= 4 is 17.7 Å². The minimum Gasteiger partial charge on any atom is -0.496 e. The number of esters is 1. The molecule has 0 saturated carbocycles. The number of hydrogen-bond donors (Lipinski definition) is 2. The summed E-state index contributed by atoms with van der Waals surface area (Å²) in [6.45, 7) is 1.32. The number of hydrogen-bond acceptors (Lipinski definition) is 7. The van der Waals surface area contributed by atoms with Gasteiger partial charge < -0.3 is 25.4 Å². The van der Waals surface area contributed by atoms with Crippen molar-refractivity contribution in [1.82, 2.24) is 15.2 Å². The molecule has 0 bridgehead atoms. The number of nitrogen functional groups attached to an aromatic ring is 1. The number of nitrogens with one attached hydrogen (secondary N) is 1. The van der Waals surface area contributed by atoms with Gasteiger partial charge in [-0.05, 0) is 55.6 Å². The largest absolute Gasteiger partial charge is 0.496 e. The minimum absolute atomic E-state index is 0.134. The molecule has 0 spiro atoms. The molecule has 3 N–H and O–H groups in total. The van der Waals surface area contributed by atoms with E-state index < -0.39 is 5.97 Å². The maximum Gasteiger partial charge on any atom is 0.341 e. The molecule has 1 amide bonds. The van der Waals surface area contributed by atoms with Crippen LogP contribution in [0.3, 0.4) is 0 Å². The van der Waals surface area contributed by atoms with Crippen LogP contribution in [0.1, 0.15) is 20.7 Å². The van der Waals surface area contributed by atoms with Crippen LogP contribution in [0.4, 0.5) is 5.82 Å². The molecule has 8 heteroatoms. The number of amides is 1. The molecule has 3 rings (SSSR count). The highest BCUT2D eigenvalue weighted by atomic mass is 16.5. The average molecular weight is 449 g/mol. The van der Waals surface area contributed by atoms with Crippen molar-refractivity contribution in [2.24, 2.45) is 0 Å². The SMILES string of the molecule is COC(=O)c1ccc(-c2cc(-c3cccc(C(=O)NCCN(C)C)c3)cnc2N)cc1OC. The van der Waals surface area contributed by atoms with Gasteiger partial charge in [-0.1, -0.05) is 18.2 Å². The van der Waals surface area contributed by atoms with E-state index in [0.29, 0.717) is 34.8 Å². The molecule has 0 aliphatic carbocycles. The van der Waals surface area contributed by atoms with E-state index in [9.17, 15) is 9.59 Å². The van der Waals surface area contributed by atoms with Crippen LogP contribution in [-0.4, -0.2) is 63.2 Å². The summed E-state index contributed by atoms with van der Waals surface area (Å²) in [5.74, 6) is 0.0918. The van der Waals surface area contributed by atoms with Crippen molar-refractivity contribution in [3.8, 4) is 28.0 Å². The molecule has 0 unspecified atom stereocenters. The lowest BCUT2D eigenvalue weighted by molar-refractivity contribution is 0.0597. The normalized spacial score (nSPS) is 10.7. The molecule has 0 radical (unpaired) electrons. The smallest absolute Gasteiger partial charge is 0.341 e. The van der Waals surface area contributed by atoms with Gasteiger partial charge in [-0.25, -0.2) is 9.78 Å². The number of rotatable bonds is 8. The van der Waals surface area contributed by atoms with Crippen molar-refractivity contribution < 1.29 is 19.1 Å². The molecule has 8 nitrogen and oxygen atoms in total. The third kappa shape index (κ3) is 5.67. The second-order valence-corrected chi connectivity index (χ2v) is 7.70.